The molecule has 9 nitrogen and oxygen atoms in total. The third-order valence-corrected chi connectivity index (χ3v) is 6.11. The van der Waals surface area contributed by atoms with E-state index in [0.717, 1.165) is 23.3 Å². The van der Waals surface area contributed by atoms with E-state index in [-0.39, 0.29) is 37.0 Å². The van der Waals surface area contributed by atoms with Gasteiger partial charge in [0.05, 0.1) is 11.5 Å². The van der Waals surface area contributed by atoms with Crippen LogP contribution in [-0.2, 0) is 16.1 Å². The third-order valence-electron chi connectivity index (χ3n) is 6.11. The number of hydrogen-bond acceptors (Lipinski definition) is 5. The van der Waals surface area contributed by atoms with Gasteiger partial charge in [-0.05, 0) is 30.5 Å². The van der Waals surface area contributed by atoms with Gasteiger partial charge in [0.15, 0.2) is 0 Å². The number of rotatable bonds is 7. The molecule has 0 aromatic heterocycles. The molecule has 1 aliphatic heterocycles. The number of urea groups is 1. The minimum Gasteiger partial charge on any atom is -0.323 e. The van der Waals surface area contributed by atoms with Crippen LogP contribution in [0.25, 0.3) is 0 Å². The molecule has 2 aromatic carbocycles. The summed E-state index contributed by atoms with van der Waals surface area (Å²) in [6.07, 6.45) is 3.05. The van der Waals surface area contributed by atoms with Crippen molar-refractivity contribution in [2.75, 3.05) is 11.4 Å². The summed E-state index contributed by atoms with van der Waals surface area (Å²) in [7, 11) is 0. The number of nitro benzene ring substituents is 1. The average molecular weight is 436 g/mol. The first kappa shape index (κ1) is 21.5. The number of carbonyl (C=O) groups is 3. The number of carbonyl (C=O) groups excluding carboxylic acids is 3. The molecule has 0 atom stereocenters. The van der Waals surface area contributed by atoms with Crippen molar-refractivity contribution in [3.8, 4) is 0 Å². The van der Waals surface area contributed by atoms with Crippen LogP contribution in [0.4, 0.5) is 16.2 Å². The number of anilines is 1. The second kappa shape index (κ2) is 8.78. The summed E-state index contributed by atoms with van der Waals surface area (Å²) >= 11 is 0. The molecule has 9 heteroatoms. The van der Waals surface area contributed by atoms with Crippen LogP contribution in [0.15, 0.2) is 54.6 Å². The number of nitrogens with zero attached hydrogens (tertiary/aromatic N) is 3. The SMILES string of the molecule is O=C1NC2(CCCC2)C(=O)N1CCC(=O)N(Cc1ccc([N+](=O)[O-])cc1)c1ccccc1. The van der Waals surface area contributed by atoms with Gasteiger partial charge in [0.2, 0.25) is 5.91 Å². The highest BCUT2D eigenvalue weighted by Gasteiger charge is 2.52. The molecule has 0 unspecified atom stereocenters. The summed E-state index contributed by atoms with van der Waals surface area (Å²) in [4.78, 5) is 51.5. The largest absolute Gasteiger partial charge is 0.325 e. The van der Waals surface area contributed by atoms with E-state index in [9.17, 15) is 24.5 Å². The maximum Gasteiger partial charge on any atom is 0.325 e. The molecule has 1 saturated heterocycles. The molecular formula is C23H24N4O5. The van der Waals surface area contributed by atoms with Crippen LogP contribution < -0.4 is 10.2 Å². The summed E-state index contributed by atoms with van der Waals surface area (Å²) in [5.41, 5.74) is 0.580. The lowest BCUT2D eigenvalue weighted by Gasteiger charge is -2.24. The Kier molecular flexibility index (Phi) is 5.89. The summed E-state index contributed by atoms with van der Waals surface area (Å²) < 4.78 is 0. The fraction of sp³-hybridized carbons (Fsp3) is 0.348. The number of para-hydroxylation sites is 1. The van der Waals surface area contributed by atoms with Gasteiger partial charge in [0.25, 0.3) is 11.6 Å². The molecule has 4 amide bonds. The van der Waals surface area contributed by atoms with Crippen LogP contribution in [0.3, 0.4) is 0 Å². The number of nitro groups is 1. The zero-order chi connectivity index (χ0) is 22.7. The number of hydrogen-bond donors (Lipinski definition) is 1. The molecule has 0 bridgehead atoms. The molecule has 2 aromatic rings. The first-order chi connectivity index (χ1) is 15.4. The second-order valence-corrected chi connectivity index (χ2v) is 8.17. The van der Waals surface area contributed by atoms with Crippen molar-refractivity contribution in [3.63, 3.8) is 0 Å². The number of non-ortho nitro benzene ring substituents is 1. The molecule has 32 heavy (non-hydrogen) atoms. The lowest BCUT2D eigenvalue weighted by Crippen LogP contribution is -2.44. The predicted octanol–water partition coefficient (Wildman–Crippen LogP) is 3.38. The molecular weight excluding hydrogens is 412 g/mol. The zero-order valence-corrected chi connectivity index (χ0v) is 17.5. The van der Waals surface area contributed by atoms with Crippen molar-refractivity contribution in [2.24, 2.45) is 0 Å². The Balaban J connectivity index is 1.48. The Morgan fingerprint density at radius 3 is 2.34 bits per heavy atom. The van der Waals surface area contributed by atoms with E-state index in [2.05, 4.69) is 5.32 Å². The van der Waals surface area contributed by atoms with Crippen LogP contribution in [0.5, 0.6) is 0 Å². The monoisotopic (exact) mass is 436 g/mol. The van der Waals surface area contributed by atoms with Crippen LogP contribution in [-0.4, -0.2) is 39.8 Å². The minimum atomic E-state index is -0.794. The average Bonchev–Trinajstić information content (AvgIpc) is 3.36. The molecule has 2 fully saturated rings. The fourth-order valence-electron chi connectivity index (χ4n) is 4.38. The van der Waals surface area contributed by atoms with E-state index in [0.29, 0.717) is 18.5 Å². The Bertz CT molecular complexity index is 1030. The van der Waals surface area contributed by atoms with Gasteiger partial charge < -0.3 is 10.2 Å². The van der Waals surface area contributed by atoms with E-state index in [1.165, 1.54) is 12.1 Å². The molecule has 0 radical (unpaired) electrons. The smallest absolute Gasteiger partial charge is 0.323 e. The lowest BCUT2D eigenvalue weighted by atomic mass is 9.98. The highest BCUT2D eigenvalue weighted by Crippen LogP contribution is 2.35. The summed E-state index contributed by atoms with van der Waals surface area (Å²) in [5, 5.41) is 13.7. The Morgan fingerprint density at radius 2 is 1.72 bits per heavy atom. The molecule has 2 aliphatic rings. The number of benzene rings is 2. The third kappa shape index (κ3) is 4.18. The Morgan fingerprint density at radius 1 is 1.06 bits per heavy atom. The van der Waals surface area contributed by atoms with Crippen LogP contribution in [0.1, 0.15) is 37.7 Å². The minimum absolute atomic E-state index is 0.00877. The number of imide groups is 1. The van der Waals surface area contributed by atoms with Crippen molar-refractivity contribution in [1.29, 1.82) is 0 Å². The van der Waals surface area contributed by atoms with Crippen molar-refractivity contribution in [2.45, 2.75) is 44.2 Å². The van der Waals surface area contributed by atoms with Crippen molar-refractivity contribution < 1.29 is 19.3 Å². The molecule has 4 rings (SSSR count). The van der Waals surface area contributed by atoms with E-state index in [1.54, 1.807) is 29.2 Å². The molecule has 1 spiro atoms. The van der Waals surface area contributed by atoms with Gasteiger partial charge in [0, 0.05) is 30.8 Å². The van der Waals surface area contributed by atoms with Crippen LogP contribution in [0, 0.1) is 10.1 Å². The van der Waals surface area contributed by atoms with Crippen molar-refractivity contribution >= 4 is 29.2 Å². The fourth-order valence-corrected chi connectivity index (χ4v) is 4.38. The normalized spacial score (nSPS) is 16.9. The highest BCUT2D eigenvalue weighted by atomic mass is 16.6. The van der Waals surface area contributed by atoms with Gasteiger partial charge in [0.1, 0.15) is 5.54 Å². The zero-order valence-electron chi connectivity index (χ0n) is 17.5. The standard InChI is InChI=1S/C23H24N4O5/c28-20(12-15-25-21(29)23(24-22(25)30)13-4-5-14-23)26(18-6-2-1-3-7-18)16-17-8-10-19(11-9-17)27(31)32/h1-3,6-11H,4-5,12-16H2,(H,24,30). The van der Waals surface area contributed by atoms with Crippen LogP contribution in [0.2, 0.25) is 0 Å². The Labute approximate surface area is 185 Å². The lowest BCUT2D eigenvalue weighted by molar-refractivity contribution is -0.384. The van der Waals surface area contributed by atoms with Crippen LogP contribution >= 0.6 is 0 Å². The second-order valence-electron chi connectivity index (χ2n) is 8.17. The molecule has 1 saturated carbocycles. The molecule has 166 valence electrons. The number of nitrogens with one attached hydrogen (secondary N) is 1. The quantitative estimate of drug-likeness (QED) is 0.406. The van der Waals surface area contributed by atoms with E-state index < -0.39 is 16.5 Å². The van der Waals surface area contributed by atoms with Gasteiger partial charge >= 0.3 is 6.03 Å². The van der Waals surface area contributed by atoms with Gasteiger partial charge in [-0.15, -0.1) is 0 Å². The Hall–Kier alpha value is -3.75. The molecule has 1 heterocycles. The van der Waals surface area contributed by atoms with Crippen molar-refractivity contribution in [1.82, 2.24) is 10.2 Å². The topological polar surface area (TPSA) is 113 Å². The van der Waals surface area contributed by atoms with Crippen molar-refractivity contribution in [3.05, 3.63) is 70.3 Å². The maximum atomic E-state index is 13.2. The predicted molar refractivity (Wildman–Crippen MR) is 117 cm³/mol. The molecule has 1 N–H and O–H groups in total. The van der Waals surface area contributed by atoms with E-state index in [4.69, 9.17) is 0 Å². The van der Waals surface area contributed by atoms with E-state index in [1.807, 2.05) is 18.2 Å². The highest BCUT2D eigenvalue weighted by molar-refractivity contribution is 6.07. The summed E-state index contributed by atoms with van der Waals surface area (Å²) in [5.74, 6) is -0.489. The summed E-state index contributed by atoms with van der Waals surface area (Å²) in [6.45, 7) is 0.222. The van der Waals surface area contributed by atoms with E-state index >= 15 is 0 Å². The number of amides is 4. The first-order valence-corrected chi connectivity index (χ1v) is 10.6. The van der Waals surface area contributed by atoms with Gasteiger partial charge in [-0.25, -0.2) is 4.79 Å². The van der Waals surface area contributed by atoms with Gasteiger partial charge in [-0.3, -0.25) is 24.6 Å². The molecule has 1 aliphatic carbocycles. The van der Waals surface area contributed by atoms with Gasteiger partial charge in [-0.2, -0.15) is 0 Å². The maximum absolute atomic E-state index is 13.2. The first-order valence-electron chi connectivity index (χ1n) is 10.6. The summed E-state index contributed by atoms with van der Waals surface area (Å²) in [6, 6.07) is 14.6. The van der Waals surface area contributed by atoms with Gasteiger partial charge in [-0.1, -0.05) is 43.2 Å².